The molecule has 131 valence electrons. The number of amides is 1. The lowest BCUT2D eigenvalue weighted by Crippen LogP contribution is -2.11. The molecule has 0 aliphatic heterocycles. The van der Waals surface area contributed by atoms with Crippen molar-refractivity contribution in [3.05, 3.63) is 71.7 Å². The van der Waals surface area contributed by atoms with Crippen molar-refractivity contribution in [3.63, 3.8) is 0 Å². The quantitative estimate of drug-likeness (QED) is 0.551. The molecule has 0 bridgehead atoms. The molecule has 1 amide bonds. The number of primary amides is 1. The van der Waals surface area contributed by atoms with Crippen LogP contribution in [-0.4, -0.2) is 10.5 Å². The van der Waals surface area contributed by atoms with Gasteiger partial charge in [-0.2, -0.15) is 0 Å². The molecule has 4 nitrogen and oxygen atoms in total. The minimum absolute atomic E-state index is 0.420. The molecule has 4 rings (SSSR count). The number of fused-ring (bicyclic) bond motifs is 3. The fraction of sp³-hybridized carbons (Fsp3) is 0.227. The maximum Gasteiger partial charge on any atom is 0.249 e. The Hall–Kier alpha value is -3.01. The predicted molar refractivity (Wildman–Crippen MR) is 103 cm³/mol. The summed E-state index contributed by atoms with van der Waals surface area (Å²) >= 11 is 0. The third kappa shape index (κ3) is 2.77. The molecule has 2 N–H and O–H groups in total. The number of hydrogen-bond acceptors (Lipinski definition) is 2. The van der Waals surface area contributed by atoms with Crippen molar-refractivity contribution in [1.29, 1.82) is 0 Å². The Balaban J connectivity index is 1.99. The van der Waals surface area contributed by atoms with E-state index in [0.717, 1.165) is 46.8 Å². The van der Waals surface area contributed by atoms with Gasteiger partial charge < -0.3 is 14.7 Å². The molecule has 0 atom stereocenters. The molecule has 26 heavy (non-hydrogen) atoms. The van der Waals surface area contributed by atoms with E-state index in [-0.39, 0.29) is 0 Å². The van der Waals surface area contributed by atoms with E-state index in [1.165, 1.54) is 5.56 Å². The molecule has 0 saturated carbocycles. The molecule has 2 heterocycles. The number of aromatic nitrogens is 1. The molecule has 1 radical (unpaired) electrons. The number of furan rings is 1. The Morgan fingerprint density at radius 2 is 2.12 bits per heavy atom. The molecule has 2 aromatic carbocycles. The van der Waals surface area contributed by atoms with Crippen molar-refractivity contribution in [2.75, 3.05) is 0 Å². The van der Waals surface area contributed by atoms with Crippen molar-refractivity contribution in [3.8, 4) is 0 Å². The van der Waals surface area contributed by atoms with Gasteiger partial charge in [-0.15, -0.1) is 0 Å². The van der Waals surface area contributed by atoms with Gasteiger partial charge in [0, 0.05) is 16.3 Å². The number of carbonyl (C=O) groups excluding carboxylic acids is 1. The highest BCUT2D eigenvalue weighted by Crippen LogP contribution is 2.33. The first-order valence-electron chi connectivity index (χ1n) is 8.96. The zero-order valence-electron chi connectivity index (χ0n) is 14.8. The van der Waals surface area contributed by atoms with E-state index in [1.54, 1.807) is 12.3 Å². The maximum absolute atomic E-state index is 12.0. The summed E-state index contributed by atoms with van der Waals surface area (Å²) in [6.45, 7) is 2.79. The Bertz CT molecular complexity index is 1070. The second kappa shape index (κ2) is 6.71. The molecule has 4 aromatic rings. The van der Waals surface area contributed by atoms with E-state index >= 15 is 0 Å². The standard InChI is InChI=1S/C22H21N2O2/c1-2-3-6-15-10-11-17-20(13-15)24(14-16-7-5-12-26-16)19-9-4-8-18(21(17)19)22(23)25/h4-5,7-10,12-13H,2-3,6,14H2,1H3,(H2,23,25). The maximum atomic E-state index is 12.0. The Labute approximate surface area is 152 Å². The highest BCUT2D eigenvalue weighted by molar-refractivity contribution is 6.17. The monoisotopic (exact) mass is 345 g/mol. The first kappa shape index (κ1) is 16.5. The summed E-state index contributed by atoms with van der Waals surface area (Å²) in [5, 5.41) is 1.80. The Morgan fingerprint density at radius 1 is 1.23 bits per heavy atom. The molecule has 4 heteroatoms. The molecule has 0 fully saturated rings. The minimum atomic E-state index is -0.420. The van der Waals surface area contributed by atoms with Gasteiger partial charge in [-0.1, -0.05) is 25.5 Å². The van der Waals surface area contributed by atoms with Crippen LogP contribution in [0, 0.1) is 6.07 Å². The summed E-state index contributed by atoms with van der Waals surface area (Å²) in [6, 6.07) is 17.2. The zero-order valence-corrected chi connectivity index (χ0v) is 14.8. The summed E-state index contributed by atoms with van der Waals surface area (Å²) in [7, 11) is 0. The minimum Gasteiger partial charge on any atom is -0.467 e. The highest BCUT2D eigenvalue weighted by atomic mass is 16.3. The molecule has 2 aromatic heterocycles. The van der Waals surface area contributed by atoms with Crippen LogP contribution in [0.1, 0.15) is 41.4 Å². The summed E-state index contributed by atoms with van der Waals surface area (Å²) in [6.07, 6.45) is 4.99. The summed E-state index contributed by atoms with van der Waals surface area (Å²) in [5.74, 6) is 0.448. The fourth-order valence-electron chi connectivity index (χ4n) is 3.56. The van der Waals surface area contributed by atoms with Gasteiger partial charge in [-0.3, -0.25) is 4.79 Å². The van der Waals surface area contributed by atoms with Crippen LogP contribution in [0.4, 0.5) is 0 Å². The number of nitrogens with two attached hydrogens (primary N) is 1. The van der Waals surface area contributed by atoms with Gasteiger partial charge in [0.1, 0.15) is 5.76 Å². The normalized spacial score (nSPS) is 11.4. The lowest BCUT2D eigenvalue weighted by molar-refractivity contribution is 0.100. The first-order valence-corrected chi connectivity index (χ1v) is 8.96. The van der Waals surface area contributed by atoms with Crippen molar-refractivity contribution in [1.82, 2.24) is 4.57 Å². The van der Waals surface area contributed by atoms with Crippen molar-refractivity contribution < 1.29 is 9.21 Å². The van der Waals surface area contributed by atoms with Crippen LogP contribution in [0.25, 0.3) is 21.8 Å². The number of benzene rings is 2. The average molecular weight is 345 g/mol. The van der Waals surface area contributed by atoms with Gasteiger partial charge in [-0.25, -0.2) is 0 Å². The largest absolute Gasteiger partial charge is 0.467 e. The lowest BCUT2D eigenvalue weighted by Gasteiger charge is -2.07. The third-order valence-electron chi connectivity index (χ3n) is 4.83. The van der Waals surface area contributed by atoms with Gasteiger partial charge in [0.15, 0.2) is 0 Å². The van der Waals surface area contributed by atoms with Crippen LogP contribution < -0.4 is 5.73 Å². The number of aryl methyl sites for hydroxylation is 1. The van der Waals surface area contributed by atoms with Crippen molar-refractivity contribution in [2.24, 2.45) is 5.73 Å². The predicted octanol–water partition coefficient (Wildman–Crippen LogP) is 4.68. The SMILES string of the molecule is CCCCc1c[c]c2c3c(C(N)=O)cccc3n(Cc3ccco3)c2c1. The summed E-state index contributed by atoms with van der Waals surface area (Å²) in [4.78, 5) is 12.0. The highest BCUT2D eigenvalue weighted by Gasteiger charge is 2.17. The van der Waals surface area contributed by atoms with Crippen LogP contribution in [0.3, 0.4) is 0 Å². The molecule has 0 unspecified atom stereocenters. The van der Waals surface area contributed by atoms with E-state index in [1.807, 2.05) is 30.3 Å². The second-order valence-corrected chi connectivity index (χ2v) is 6.60. The van der Waals surface area contributed by atoms with E-state index in [4.69, 9.17) is 10.2 Å². The van der Waals surface area contributed by atoms with Gasteiger partial charge in [0.25, 0.3) is 0 Å². The Kier molecular flexibility index (Phi) is 4.25. The molecule has 0 saturated heterocycles. The second-order valence-electron chi connectivity index (χ2n) is 6.60. The molecular formula is C22H21N2O2. The van der Waals surface area contributed by atoms with Gasteiger partial charge >= 0.3 is 0 Å². The van der Waals surface area contributed by atoms with Crippen LogP contribution in [-0.2, 0) is 13.0 Å². The molecule has 0 aliphatic rings. The van der Waals surface area contributed by atoms with Crippen LogP contribution >= 0.6 is 0 Å². The molecule has 0 aliphatic carbocycles. The van der Waals surface area contributed by atoms with Crippen molar-refractivity contribution in [2.45, 2.75) is 32.7 Å². The summed E-state index contributed by atoms with van der Waals surface area (Å²) in [5.41, 5.74) is 9.44. The smallest absolute Gasteiger partial charge is 0.249 e. The number of nitrogens with zero attached hydrogens (tertiary/aromatic N) is 1. The third-order valence-corrected chi connectivity index (χ3v) is 4.83. The van der Waals surface area contributed by atoms with Gasteiger partial charge in [0.2, 0.25) is 5.91 Å². The fourth-order valence-corrected chi connectivity index (χ4v) is 3.56. The lowest BCUT2D eigenvalue weighted by atomic mass is 10.0. The topological polar surface area (TPSA) is 61.2 Å². The van der Waals surface area contributed by atoms with Crippen LogP contribution in [0.5, 0.6) is 0 Å². The van der Waals surface area contributed by atoms with E-state index < -0.39 is 5.91 Å². The van der Waals surface area contributed by atoms with E-state index in [9.17, 15) is 4.79 Å². The number of hydrogen-bond donors (Lipinski definition) is 1. The number of unbranched alkanes of at least 4 members (excludes halogenated alkanes) is 1. The first-order chi connectivity index (χ1) is 12.7. The van der Waals surface area contributed by atoms with Crippen molar-refractivity contribution >= 4 is 27.7 Å². The van der Waals surface area contributed by atoms with Gasteiger partial charge in [0.05, 0.1) is 23.8 Å². The number of carbonyl (C=O) groups is 1. The Morgan fingerprint density at radius 3 is 2.85 bits per heavy atom. The average Bonchev–Trinajstić information content (AvgIpc) is 3.27. The van der Waals surface area contributed by atoms with Crippen LogP contribution in [0.2, 0.25) is 0 Å². The number of rotatable bonds is 6. The van der Waals surface area contributed by atoms with E-state index in [2.05, 4.69) is 23.6 Å². The summed E-state index contributed by atoms with van der Waals surface area (Å²) < 4.78 is 7.74. The van der Waals surface area contributed by atoms with E-state index in [0.29, 0.717) is 12.1 Å². The van der Waals surface area contributed by atoms with Crippen LogP contribution in [0.15, 0.2) is 53.1 Å². The zero-order chi connectivity index (χ0) is 18.1. The molecule has 0 spiro atoms. The van der Waals surface area contributed by atoms with Gasteiger partial charge in [-0.05, 0) is 54.8 Å². The molecular weight excluding hydrogens is 324 g/mol.